The van der Waals surface area contributed by atoms with Gasteiger partial charge in [-0.25, -0.2) is 0 Å². The number of hydrogen-bond donors (Lipinski definition) is 0. The lowest BCUT2D eigenvalue weighted by molar-refractivity contribution is 0.0201. The molecular formula is C12H17BrO3. The second-order valence-corrected chi connectivity index (χ2v) is 3.63. The molecule has 1 aromatic rings. The predicted molar refractivity (Wildman–Crippen MR) is 67.4 cm³/mol. The van der Waals surface area contributed by atoms with E-state index < -0.39 is 0 Å². The first-order valence-corrected chi connectivity index (χ1v) is 6.46. The number of hydrogen-bond acceptors (Lipinski definition) is 3. The van der Waals surface area contributed by atoms with Crippen LogP contribution in [0.2, 0.25) is 0 Å². The van der Waals surface area contributed by atoms with E-state index in [1.54, 1.807) is 0 Å². The van der Waals surface area contributed by atoms with Crippen LogP contribution in [0.1, 0.15) is 19.4 Å². The lowest BCUT2D eigenvalue weighted by atomic mass is 10.2. The first-order valence-electron chi connectivity index (χ1n) is 5.34. The molecule has 0 saturated carbocycles. The van der Waals surface area contributed by atoms with E-state index in [4.69, 9.17) is 14.2 Å². The van der Waals surface area contributed by atoms with E-state index in [-0.39, 0.29) is 6.79 Å². The summed E-state index contributed by atoms with van der Waals surface area (Å²) in [5.74, 6) is 1.52. The summed E-state index contributed by atoms with van der Waals surface area (Å²) >= 11 is 3.43. The Labute approximate surface area is 105 Å². The fraction of sp³-hybridized carbons (Fsp3) is 0.500. The van der Waals surface area contributed by atoms with Crippen LogP contribution in [-0.4, -0.2) is 20.0 Å². The Morgan fingerprint density at radius 2 is 1.94 bits per heavy atom. The highest BCUT2D eigenvalue weighted by Crippen LogP contribution is 2.32. The van der Waals surface area contributed by atoms with E-state index in [9.17, 15) is 0 Å². The van der Waals surface area contributed by atoms with E-state index in [1.165, 1.54) is 0 Å². The molecule has 0 bridgehead atoms. The molecule has 0 N–H and O–H groups in total. The van der Waals surface area contributed by atoms with Gasteiger partial charge in [-0.15, -0.1) is 0 Å². The quantitative estimate of drug-likeness (QED) is 0.437. The lowest BCUT2D eigenvalue weighted by Crippen LogP contribution is -2.06. The van der Waals surface area contributed by atoms with Gasteiger partial charge in [0.15, 0.2) is 18.3 Å². The molecule has 0 unspecified atom stereocenters. The van der Waals surface area contributed by atoms with Gasteiger partial charge in [0.25, 0.3) is 0 Å². The molecule has 0 fully saturated rings. The Bertz CT molecular complexity index is 315. The van der Waals surface area contributed by atoms with Crippen LogP contribution in [0.25, 0.3) is 0 Å². The number of rotatable bonds is 7. The van der Waals surface area contributed by atoms with Gasteiger partial charge in [0.05, 0.1) is 6.61 Å². The molecule has 0 amide bonds. The second-order valence-electron chi connectivity index (χ2n) is 3.07. The highest BCUT2D eigenvalue weighted by molar-refractivity contribution is 9.08. The van der Waals surface area contributed by atoms with E-state index in [2.05, 4.69) is 15.9 Å². The minimum atomic E-state index is 0.251. The molecule has 0 aliphatic carbocycles. The fourth-order valence-electron chi connectivity index (χ4n) is 1.28. The first-order chi connectivity index (χ1) is 7.83. The topological polar surface area (TPSA) is 27.7 Å². The standard InChI is InChI=1S/C12H17BrO3/c1-3-14-9-16-12-10(8-13)6-5-7-11(12)15-4-2/h5-7H,3-4,8-9H2,1-2H3. The van der Waals surface area contributed by atoms with Crippen molar-refractivity contribution in [3.63, 3.8) is 0 Å². The Kier molecular flexibility index (Phi) is 6.26. The third-order valence-corrected chi connectivity index (χ3v) is 2.60. The van der Waals surface area contributed by atoms with Crippen LogP contribution in [0.15, 0.2) is 18.2 Å². The van der Waals surface area contributed by atoms with Gasteiger partial charge in [-0.3, -0.25) is 0 Å². The van der Waals surface area contributed by atoms with Crippen LogP contribution in [-0.2, 0) is 10.1 Å². The maximum absolute atomic E-state index is 5.57. The van der Waals surface area contributed by atoms with E-state index >= 15 is 0 Å². The lowest BCUT2D eigenvalue weighted by Gasteiger charge is -2.14. The Hall–Kier alpha value is -0.740. The minimum absolute atomic E-state index is 0.251. The van der Waals surface area contributed by atoms with E-state index in [0.29, 0.717) is 13.2 Å². The molecule has 0 aliphatic heterocycles. The summed E-state index contributed by atoms with van der Waals surface area (Å²) in [6.45, 7) is 5.40. The summed E-state index contributed by atoms with van der Waals surface area (Å²) in [6.07, 6.45) is 0. The van der Waals surface area contributed by atoms with Crippen molar-refractivity contribution in [1.82, 2.24) is 0 Å². The predicted octanol–water partition coefficient (Wildman–Crippen LogP) is 3.35. The Morgan fingerprint density at radius 1 is 1.12 bits per heavy atom. The number of para-hydroxylation sites is 1. The summed E-state index contributed by atoms with van der Waals surface area (Å²) in [7, 11) is 0. The summed E-state index contributed by atoms with van der Waals surface area (Å²) in [6, 6.07) is 5.85. The summed E-state index contributed by atoms with van der Waals surface area (Å²) in [5, 5.41) is 0.732. The number of alkyl halides is 1. The molecular weight excluding hydrogens is 272 g/mol. The smallest absolute Gasteiger partial charge is 0.189 e. The zero-order chi connectivity index (χ0) is 11.8. The van der Waals surface area contributed by atoms with Crippen LogP contribution in [0.5, 0.6) is 11.5 Å². The maximum Gasteiger partial charge on any atom is 0.189 e. The van der Waals surface area contributed by atoms with Gasteiger partial charge in [-0.2, -0.15) is 0 Å². The van der Waals surface area contributed by atoms with Crippen molar-refractivity contribution >= 4 is 15.9 Å². The molecule has 16 heavy (non-hydrogen) atoms. The molecule has 0 saturated heterocycles. The monoisotopic (exact) mass is 288 g/mol. The first kappa shape index (κ1) is 13.3. The van der Waals surface area contributed by atoms with Crippen LogP contribution >= 0.6 is 15.9 Å². The zero-order valence-corrected chi connectivity index (χ0v) is 11.2. The van der Waals surface area contributed by atoms with Gasteiger partial charge < -0.3 is 14.2 Å². The molecule has 90 valence electrons. The molecule has 0 spiro atoms. The number of halogens is 1. The van der Waals surface area contributed by atoms with Crippen molar-refractivity contribution in [2.24, 2.45) is 0 Å². The van der Waals surface area contributed by atoms with Crippen LogP contribution < -0.4 is 9.47 Å². The van der Waals surface area contributed by atoms with Crippen molar-refractivity contribution < 1.29 is 14.2 Å². The van der Waals surface area contributed by atoms with Crippen molar-refractivity contribution in [3.05, 3.63) is 23.8 Å². The van der Waals surface area contributed by atoms with Gasteiger partial charge in [0.1, 0.15) is 0 Å². The van der Waals surface area contributed by atoms with Gasteiger partial charge in [-0.05, 0) is 19.9 Å². The normalized spacial score (nSPS) is 10.2. The van der Waals surface area contributed by atoms with Gasteiger partial charge in [0.2, 0.25) is 0 Å². The van der Waals surface area contributed by atoms with Crippen molar-refractivity contribution in [1.29, 1.82) is 0 Å². The zero-order valence-electron chi connectivity index (χ0n) is 9.66. The largest absolute Gasteiger partial charge is 0.490 e. The molecule has 3 nitrogen and oxygen atoms in total. The van der Waals surface area contributed by atoms with Gasteiger partial charge in [0, 0.05) is 17.5 Å². The minimum Gasteiger partial charge on any atom is -0.490 e. The van der Waals surface area contributed by atoms with Crippen LogP contribution in [0, 0.1) is 0 Å². The van der Waals surface area contributed by atoms with Crippen LogP contribution in [0.4, 0.5) is 0 Å². The highest BCUT2D eigenvalue weighted by Gasteiger charge is 2.09. The summed E-state index contributed by atoms with van der Waals surface area (Å²) in [5.41, 5.74) is 1.06. The summed E-state index contributed by atoms with van der Waals surface area (Å²) in [4.78, 5) is 0. The summed E-state index contributed by atoms with van der Waals surface area (Å²) < 4.78 is 16.3. The number of benzene rings is 1. The molecule has 4 heteroatoms. The maximum atomic E-state index is 5.57. The van der Waals surface area contributed by atoms with Gasteiger partial charge >= 0.3 is 0 Å². The fourth-order valence-corrected chi connectivity index (χ4v) is 1.72. The van der Waals surface area contributed by atoms with Crippen molar-refractivity contribution in [2.45, 2.75) is 19.2 Å². The second kappa shape index (κ2) is 7.52. The highest BCUT2D eigenvalue weighted by atomic mass is 79.9. The third kappa shape index (κ3) is 3.68. The van der Waals surface area contributed by atoms with Gasteiger partial charge in [-0.1, -0.05) is 28.1 Å². The van der Waals surface area contributed by atoms with E-state index in [0.717, 1.165) is 22.4 Å². The third-order valence-electron chi connectivity index (χ3n) is 1.99. The molecule has 0 aromatic heterocycles. The molecule has 0 heterocycles. The molecule has 0 atom stereocenters. The average Bonchev–Trinajstić information content (AvgIpc) is 2.31. The molecule has 0 aliphatic rings. The van der Waals surface area contributed by atoms with E-state index in [1.807, 2.05) is 32.0 Å². The van der Waals surface area contributed by atoms with Crippen LogP contribution in [0.3, 0.4) is 0 Å². The SMILES string of the molecule is CCOCOc1c(CBr)cccc1OCC. The van der Waals surface area contributed by atoms with Crippen molar-refractivity contribution in [3.8, 4) is 11.5 Å². The number of ether oxygens (including phenoxy) is 3. The van der Waals surface area contributed by atoms with Crippen molar-refractivity contribution in [2.75, 3.05) is 20.0 Å². The molecule has 0 radical (unpaired) electrons. The average molecular weight is 289 g/mol. The Morgan fingerprint density at radius 3 is 2.56 bits per heavy atom. The molecule has 1 rings (SSSR count). The Balaban J connectivity index is 2.81. The molecule has 1 aromatic carbocycles.